The van der Waals surface area contributed by atoms with Gasteiger partial charge >= 0.3 is 5.97 Å². The number of fused-ring (bicyclic) bond motifs is 1. The van der Waals surface area contributed by atoms with Crippen LogP contribution in [0.5, 0.6) is 5.75 Å². The lowest BCUT2D eigenvalue weighted by Gasteiger charge is -2.18. The minimum atomic E-state index is -0.749. The van der Waals surface area contributed by atoms with E-state index in [0.29, 0.717) is 17.9 Å². The van der Waals surface area contributed by atoms with Crippen LogP contribution in [0.2, 0.25) is 0 Å². The van der Waals surface area contributed by atoms with Gasteiger partial charge in [0.25, 0.3) is 0 Å². The number of rotatable bonds is 9. The second-order valence-electron chi connectivity index (χ2n) is 6.72. The van der Waals surface area contributed by atoms with Gasteiger partial charge in [0.05, 0.1) is 19.8 Å². The summed E-state index contributed by atoms with van der Waals surface area (Å²) in [4.78, 5) is 11.5. The van der Waals surface area contributed by atoms with Crippen molar-refractivity contribution in [3.8, 4) is 5.75 Å². The molecule has 7 heteroatoms. The molecule has 0 saturated carbocycles. The SMILES string of the molecule is COC(=O)c1ccc(CC(CI)NCC(O)c2cc3cc(OC)ccc3o2)cc1. The largest absolute Gasteiger partial charge is 0.497 e. The van der Waals surface area contributed by atoms with Gasteiger partial charge in [-0.3, -0.25) is 0 Å². The summed E-state index contributed by atoms with van der Waals surface area (Å²) in [6.45, 7) is 0.380. The molecule has 0 aliphatic rings. The predicted molar refractivity (Wildman–Crippen MR) is 120 cm³/mol. The van der Waals surface area contributed by atoms with Crippen molar-refractivity contribution in [3.05, 3.63) is 65.4 Å². The molecule has 0 bridgehead atoms. The number of aliphatic hydroxyl groups excluding tert-OH is 1. The van der Waals surface area contributed by atoms with E-state index < -0.39 is 6.10 Å². The van der Waals surface area contributed by atoms with Gasteiger partial charge in [0.1, 0.15) is 23.2 Å². The smallest absolute Gasteiger partial charge is 0.337 e. The van der Waals surface area contributed by atoms with E-state index in [1.54, 1.807) is 19.2 Å². The number of alkyl halides is 1. The number of hydrogen-bond acceptors (Lipinski definition) is 6. The van der Waals surface area contributed by atoms with E-state index in [-0.39, 0.29) is 12.0 Å². The fourth-order valence-electron chi connectivity index (χ4n) is 3.07. The van der Waals surface area contributed by atoms with E-state index in [9.17, 15) is 9.90 Å². The van der Waals surface area contributed by atoms with Gasteiger partial charge in [-0.05, 0) is 48.4 Å². The number of ether oxygens (including phenoxy) is 2. The molecule has 0 aliphatic carbocycles. The van der Waals surface area contributed by atoms with Crippen LogP contribution in [0.3, 0.4) is 0 Å². The van der Waals surface area contributed by atoms with Crippen LogP contribution in [0.1, 0.15) is 27.8 Å². The molecule has 3 aromatic rings. The van der Waals surface area contributed by atoms with E-state index in [0.717, 1.165) is 33.1 Å². The van der Waals surface area contributed by atoms with Crippen molar-refractivity contribution in [1.82, 2.24) is 5.32 Å². The molecule has 2 atom stereocenters. The van der Waals surface area contributed by atoms with Crippen LogP contribution in [0.4, 0.5) is 0 Å². The zero-order chi connectivity index (χ0) is 20.8. The standard InChI is InChI=1S/C22H24INO5/c1-27-18-7-8-20-16(10-18)11-21(29-20)19(25)13-24-17(12-23)9-14-3-5-15(6-4-14)22(26)28-2/h3-8,10-11,17,19,24-25H,9,12-13H2,1-2H3. The molecule has 154 valence electrons. The Hall–Kier alpha value is -2.10. The van der Waals surface area contributed by atoms with Crippen LogP contribution in [0.15, 0.2) is 52.9 Å². The Morgan fingerprint density at radius 1 is 1.17 bits per heavy atom. The fraction of sp³-hybridized carbons (Fsp3) is 0.318. The zero-order valence-electron chi connectivity index (χ0n) is 16.4. The van der Waals surface area contributed by atoms with Gasteiger partial charge in [-0.25, -0.2) is 4.79 Å². The van der Waals surface area contributed by atoms with Crippen LogP contribution in [0.25, 0.3) is 11.0 Å². The quantitative estimate of drug-likeness (QED) is 0.259. The van der Waals surface area contributed by atoms with Gasteiger partial charge in [-0.2, -0.15) is 0 Å². The fourth-order valence-corrected chi connectivity index (χ4v) is 3.70. The van der Waals surface area contributed by atoms with E-state index in [1.165, 1.54) is 7.11 Å². The molecule has 6 nitrogen and oxygen atoms in total. The van der Waals surface area contributed by atoms with E-state index >= 15 is 0 Å². The average molecular weight is 509 g/mol. The summed E-state index contributed by atoms with van der Waals surface area (Å²) in [5, 5.41) is 14.8. The molecular weight excluding hydrogens is 485 g/mol. The van der Waals surface area contributed by atoms with Crippen molar-refractivity contribution >= 4 is 39.5 Å². The van der Waals surface area contributed by atoms with Crippen LogP contribution < -0.4 is 10.1 Å². The molecule has 2 aromatic carbocycles. The monoisotopic (exact) mass is 509 g/mol. The van der Waals surface area contributed by atoms with Crippen molar-refractivity contribution in [3.63, 3.8) is 0 Å². The Morgan fingerprint density at radius 3 is 2.59 bits per heavy atom. The number of carbonyl (C=O) groups is 1. The lowest BCUT2D eigenvalue weighted by molar-refractivity contribution is 0.0600. The van der Waals surface area contributed by atoms with Gasteiger partial charge in [0.2, 0.25) is 0 Å². The van der Waals surface area contributed by atoms with Gasteiger partial charge in [-0.15, -0.1) is 0 Å². The molecule has 3 rings (SSSR count). The predicted octanol–water partition coefficient (Wildman–Crippen LogP) is 3.90. The lowest BCUT2D eigenvalue weighted by atomic mass is 10.0. The molecule has 1 aromatic heterocycles. The highest BCUT2D eigenvalue weighted by atomic mass is 127. The summed E-state index contributed by atoms with van der Waals surface area (Å²) in [7, 11) is 2.99. The summed E-state index contributed by atoms with van der Waals surface area (Å²) >= 11 is 2.32. The molecule has 0 spiro atoms. The van der Waals surface area contributed by atoms with E-state index in [2.05, 4.69) is 27.9 Å². The summed E-state index contributed by atoms with van der Waals surface area (Å²) in [6.07, 6.45) is 0.0367. The Morgan fingerprint density at radius 2 is 1.93 bits per heavy atom. The molecule has 0 amide bonds. The van der Waals surface area contributed by atoms with Gasteiger partial charge in [-0.1, -0.05) is 34.7 Å². The number of esters is 1. The van der Waals surface area contributed by atoms with Gasteiger partial charge in [0, 0.05) is 22.4 Å². The lowest BCUT2D eigenvalue weighted by Crippen LogP contribution is -2.35. The maximum atomic E-state index is 11.5. The number of nitrogens with one attached hydrogen (secondary N) is 1. The van der Waals surface area contributed by atoms with Crippen LogP contribution in [-0.4, -0.2) is 42.3 Å². The van der Waals surface area contributed by atoms with E-state index in [1.807, 2.05) is 36.4 Å². The first-order valence-corrected chi connectivity index (χ1v) is 10.8. The van der Waals surface area contributed by atoms with Crippen LogP contribution in [-0.2, 0) is 11.2 Å². The number of methoxy groups -OCH3 is 2. The van der Waals surface area contributed by atoms with E-state index in [4.69, 9.17) is 13.9 Å². The topological polar surface area (TPSA) is 80.9 Å². The number of hydrogen-bond donors (Lipinski definition) is 2. The molecule has 0 aliphatic heterocycles. The van der Waals surface area contributed by atoms with Crippen LogP contribution >= 0.6 is 22.6 Å². The molecule has 0 fully saturated rings. The third-order valence-corrected chi connectivity index (χ3v) is 5.78. The third kappa shape index (κ3) is 5.49. The maximum absolute atomic E-state index is 11.5. The number of aliphatic hydroxyl groups is 1. The van der Waals surface area contributed by atoms with Crippen LogP contribution in [0, 0.1) is 0 Å². The summed E-state index contributed by atoms with van der Waals surface area (Å²) in [6, 6.07) is 15.0. The summed E-state index contributed by atoms with van der Waals surface area (Å²) < 4.78 is 16.6. The first-order valence-electron chi connectivity index (χ1n) is 9.26. The number of benzene rings is 2. The highest BCUT2D eigenvalue weighted by Crippen LogP contribution is 2.27. The Kier molecular flexibility index (Phi) is 7.51. The molecule has 29 heavy (non-hydrogen) atoms. The minimum Gasteiger partial charge on any atom is -0.497 e. The normalized spacial score (nSPS) is 13.2. The van der Waals surface area contributed by atoms with Crippen molar-refractivity contribution in [2.24, 2.45) is 0 Å². The van der Waals surface area contributed by atoms with Crippen molar-refractivity contribution in [1.29, 1.82) is 0 Å². The molecular formula is C22H24INO5. The molecule has 2 N–H and O–H groups in total. The number of halogens is 1. The van der Waals surface area contributed by atoms with Gasteiger partial charge < -0.3 is 24.3 Å². The Balaban J connectivity index is 1.59. The second-order valence-corrected chi connectivity index (χ2v) is 7.60. The Bertz CT molecular complexity index is 953. The summed E-state index contributed by atoms with van der Waals surface area (Å²) in [5.74, 6) is 0.933. The zero-order valence-corrected chi connectivity index (χ0v) is 18.5. The Labute approximate surface area is 183 Å². The van der Waals surface area contributed by atoms with Crippen molar-refractivity contribution < 1.29 is 23.8 Å². The molecule has 2 unspecified atom stereocenters. The van der Waals surface area contributed by atoms with Crippen molar-refractivity contribution in [2.75, 3.05) is 25.2 Å². The number of carbonyl (C=O) groups excluding carboxylic acids is 1. The van der Waals surface area contributed by atoms with Crippen molar-refractivity contribution in [2.45, 2.75) is 18.6 Å². The molecule has 1 heterocycles. The number of furan rings is 1. The molecule has 0 radical (unpaired) electrons. The second kappa shape index (κ2) is 10.1. The molecule has 0 saturated heterocycles. The first-order chi connectivity index (χ1) is 14.0. The maximum Gasteiger partial charge on any atom is 0.337 e. The summed E-state index contributed by atoms with van der Waals surface area (Å²) in [5.41, 5.74) is 2.36. The highest BCUT2D eigenvalue weighted by molar-refractivity contribution is 14.1. The van der Waals surface area contributed by atoms with Gasteiger partial charge in [0.15, 0.2) is 0 Å². The highest BCUT2D eigenvalue weighted by Gasteiger charge is 2.16. The minimum absolute atomic E-state index is 0.179. The third-order valence-electron chi connectivity index (χ3n) is 4.71. The average Bonchev–Trinajstić information content (AvgIpc) is 3.19. The first kappa shape index (κ1) is 21.6.